The fraction of sp³-hybridized carbons (Fsp3) is 0.706. The lowest BCUT2D eigenvalue weighted by Gasteiger charge is -2.34. The predicted molar refractivity (Wildman–Crippen MR) is 84.5 cm³/mol. The van der Waals surface area contributed by atoms with Gasteiger partial charge in [0.25, 0.3) is 0 Å². The fourth-order valence-corrected chi connectivity index (χ4v) is 2.97. The van der Waals surface area contributed by atoms with Gasteiger partial charge in [-0.1, -0.05) is 19.8 Å². The molecule has 4 heteroatoms. The van der Waals surface area contributed by atoms with E-state index in [0.717, 1.165) is 19.3 Å². The average Bonchev–Trinajstić information content (AvgIpc) is 2.85. The Morgan fingerprint density at radius 1 is 1.38 bits per heavy atom. The third-order valence-electron chi connectivity index (χ3n) is 4.00. The lowest BCUT2D eigenvalue weighted by atomic mass is 9.90. The van der Waals surface area contributed by atoms with Crippen molar-refractivity contribution in [3.8, 4) is 0 Å². The first-order valence-corrected chi connectivity index (χ1v) is 8.05. The molecule has 1 amide bonds. The van der Waals surface area contributed by atoms with E-state index in [2.05, 4.69) is 35.3 Å². The van der Waals surface area contributed by atoms with Crippen LogP contribution in [0, 0.1) is 0 Å². The highest BCUT2D eigenvalue weighted by Gasteiger charge is 2.29. The van der Waals surface area contributed by atoms with Crippen molar-refractivity contribution in [1.29, 1.82) is 0 Å². The number of hydrogen-bond acceptors (Lipinski definition) is 2. The Balaban J connectivity index is 2.03. The van der Waals surface area contributed by atoms with Gasteiger partial charge in [-0.2, -0.15) is 0 Å². The van der Waals surface area contributed by atoms with E-state index in [0.29, 0.717) is 6.04 Å². The number of carbonyl (C=O) groups is 1. The van der Waals surface area contributed by atoms with E-state index in [-0.39, 0.29) is 12.1 Å². The third kappa shape index (κ3) is 4.51. The maximum atomic E-state index is 12.0. The summed E-state index contributed by atoms with van der Waals surface area (Å²) in [5.41, 5.74) is 0.897. The number of amides is 1. The summed E-state index contributed by atoms with van der Waals surface area (Å²) >= 11 is 0. The van der Waals surface area contributed by atoms with Gasteiger partial charge >= 0.3 is 6.09 Å². The molecule has 1 aliphatic carbocycles. The van der Waals surface area contributed by atoms with E-state index < -0.39 is 5.60 Å². The Morgan fingerprint density at radius 2 is 2.10 bits per heavy atom. The van der Waals surface area contributed by atoms with Crippen LogP contribution in [0.5, 0.6) is 0 Å². The van der Waals surface area contributed by atoms with Gasteiger partial charge in [0.15, 0.2) is 0 Å². The molecule has 0 aliphatic heterocycles. The summed E-state index contributed by atoms with van der Waals surface area (Å²) in [4.78, 5) is 12.0. The lowest BCUT2D eigenvalue weighted by Crippen LogP contribution is -2.44. The van der Waals surface area contributed by atoms with Crippen molar-refractivity contribution in [1.82, 2.24) is 9.88 Å². The summed E-state index contributed by atoms with van der Waals surface area (Å²) < 4.78 is 7.66. The molecule has 118 valence electrons. The summed E-state index contributed by atoms with van der Waals surface area (Å²) in [6.45, 7) is 7.84. The second kappa shape index (κ2) is 6.54. The molecule has 2 atom stereocenters. The average molecular weight is 292 g/mol. The highest BCUT2D eigenvalue weighted by atomic mass is 16.6. The van der Waals surface area contributed by atoms with Crippen molar-refractivity contribution in [3.05, 3.63) is 24.0 Å². The number of carbonyl (C=O) groups excluding carboxylic acids is 1. The van der Waals surface area contributed by atoms with Crippen molar-refractivity contribution in [3.63, 3.8) is 0 Å². The molecule has 0 spiro atoms. The molecule has 1 aromatic heterocycles. The highest BCUT2D eigenvalue weighted by Crippen LogP contribution is 2.29. The van der Waals surface area contributed by atoms with Gasteiger partial charge in [0, 0.05) is 12.4 Å². The molecule has 1 N–H and O–H groups in total. The lowest BCUT2D eigenvalue weighted by molar-refractivity contribution is 0.0472. The van der Waals surface area contributed by atoms with Gasteiger partial charge in [-0.15, -0.1) is 0 Å². The maximum Gasteiger partial charge on any atom is 0.407 e. The summed E-state index contributed by atoms with van der Waals surface area (Å²) in [5, 5.41) is 3.07. The molecular weight excluding hydrogens is 264 g/mol. The molecular formula is C17H28N2O2. The minimum Gasteiger partial charge on any atom is -0.444 e. The van der Waals surface area contributed by atoms with Crippen LogP contribution in [0.1, 0.15) is 65.0 Å². The highest BCUT2D eigenvalue weighted by molar-refractivity contribution is 5.68. The summed E-state index contributed by atoms with van der Waals surface area (Å²) in [7, 11) is 0. The number of hydrogen-bond donors (Lipinski definition) is 1. The molecule has 1 heterocycles. The Hall–Kier alpha value is -1.45. The van der Waals surface area contributed by atoms with Gasteiger partial charge in [-0.25, -0.2) is 4.79 Å². The SMILES string of the molecule is CCc1ccn([C@@H]2CCCC[C@H]2NC(=O)OC(C)(C)C)c1. The van der Waals surface area contributed by atoms with Crippen molar-refractivity contribution in [2.45, 2.75) is 77.5 Å². The molecule has 4 nitrogen and oxygen atoms in total. The van der Waals surface area contributed by atoms with Gasteiger partial charge in [0.2, 0.25) is 0 Å². The molecule has 0 radical (unpaired) electrons. The van der Waals surface area contributed by atoms with Crippen molar-refractivity contribution in [2.75, 3.05) is 0 Å². The molecule has 1 aromatic rings. The minimum atomic E-state index is -0.447. The molecule has 2 rings (SSSR count). The summed E-state index contributed by atoms with van der Waals surface area (Å²) in [6.07, 6.45) is 9.60. The predicted octanol–water partition coefficient (Wildman–Crippen LogP) is 4.06. The molecule has 1 fully saturated rings. The fourth-order valence-electron chi connectivity index (χ4n) is 2.97. The summed E-state index contributed by atoms with van der Waals surface area (Å²) in [5.74, 6) is 0. The van der Waals surface area contributed by atoms with Crippen LogP contribution in [0.15, 0.2) is 18.5 Å². The third-order valence-corrected chi connectivity index (χ3v) is 4.00. The van der Waals surface area contributed by atoms with E-state index in [4.69, 9.17) is 4.74 Å². The first-order valence-electron chi connectivity index (χ1n) is 8.05. The number of rotatable bonds is 3. The number of ether oxygens (including phenoxy) is 1. The van der Waals surface area contributed by atoms with E-state index in [1.165, 1.54) is 18.4 Å². The van der Waals surface area contributed by atoms with E-state index in [1.807, 2.05) is 20.8 Å². The number of alkyl carbamates (subject to hydrolysis) is 1. The molecule has 0 bridgehead atoms. The zero-order valence-electron chi connectivity index (χ0n) is 13.7. The zero-order valence-corrected chi connectivity index (χ0v) is 13.7. The first-order chi connectivity index (χ1) is 9.89. The molecule has 21 heavy (non-hydrogen) atoms. The molecule has 1 aliphatic rings. The normalized spacial score (nSPS) is 22.9. The Kier molecular flexibility index (Phi) is 4.96. The zero-order chi connectivity index (χ0) is 15.5. The number of aromatic nitrogens is 1. The Labute approximate surface area is 127 Å². The van der Waals surface area contributed by atoms with E-state index in [1.54, 1.807) is 0 Å². The summed E-state index contributed by atoms with van der Waals surface area (Å²) in [6, 6.07) is 2.66. The van der Waals surface area contributed by atoms with Gasteiger partial charge in [-0.3, -0.25) is 0 Å². The van der Waals surface area contributed by atoms with Gasteiger partial charge < -0.3 is 14.6 Å². The van der Waals surface area contributed by atoms with Crippen LogP contribution in [-0.4, -0.2) is 22.3 Å². The number of aryl methyl sites for hydroxylation is 1. The van der Waals surface area contributed by atoms with Crippen LogP contribution in [0.2, 0.25) is 0 Å². The van der Waals surface area contributed by atoms with Crippen LogP contribution < -0.4 is 5.32 Å². The largest absolute Gasteiger partial charge is 0.444 e. The quantitative estimate of drug-likeness (QED) is 0.913. The van der Waals surface area contributed by atoms with Gasteiger partial charge in [-0.05, 0) is 51.7 Å². The van der Waals surface area contributed by atoms with Gasteiger partial charge in [0.1, 0.15) is 5.60 Å². The number of nitrogens with one attached hydrogen (secondary N) is 1. The van der Waals surface area contributed by atoms with Crippen molar-refractivity contribution >= 4 is 6.09 Å². The molecule has 0 unspecified atom stereocenters. The van der Waals surface area contributed by atoms with Crippen LogP contribution in [0.4, 0.5) is 4.79 Å². The topological polar surface area (TPSA) is 43.3 Å². The van der Waals surface area contributed by atoms with Crippen LogP contribution in [0.25, 0.3) is 0 Å². The van der Waals surface area contributed by atoms with Crippen molar-refractivity contribution < 1.29 is 9.53 Å². The first kappa shape index (κ1) is 15.9. The molecule has 1 saturated carbocycles. The standard InChI is InChI=1S/C17H28N2O2/c1-5-13-10-11-19(12-13)15-9-7-6-8-14(15)18-16(20)21-17(2,3)4/h10-12,14-15H,5-9H2,1-4H3,(H,18,20)/t14-,15-/m1/s1. The van der Waals surface area contributed by atoms with E-state index in [9.17, 15) is 4.79 Å². The van der Waals surface area contributed by atoms with Crippen LogP contribution in [-0.2, 0) is 11.2 Å². The monoisotopic (exact) mass is 292 g/mol. The molecule has 0 saturated heterocycles. The van der Waals surface area contributed by atoms with E-state index >= 15 is 0 Å². The smallest absolute Gasteiger partial charge is 0.407 e. The maximum absolute atomic E-state index is 12.0. The Morgan fingerprint density at radius 3 is 2.71 bits per heavy atom. The van der Waals surface area contributed by atoms with Crippen molar-refractivity contribution in [2.24, 2.45) is 0 Å². The second-order valence-electron chi connectivity index (χ2n) is 6.93. The Bertz CT molecular complexity index is 473. The second-order valence-corrected chi connectivity index (χ2v) is 6.93. The molecule has 0 aromatic carbocycles. The minimum absolute atomic E-state index is 0.158. The number of nitrogens with zero attached hydrogens (tertiary/aromatic N) is 1. The van der Waals surface area contributed by atoms with Crippen LogP contribution in [0.3, 0.4) is 0 Å². The van der Waals surface area contributed by atoms with Crippen LogP contribution >= 0.6 is 0 Å². The van der Waals surface area contributed by atoms with Gasteiger partial charge in [0.05, 0.1) is 12.1 Å².